The molecule has 0 aromatic heterocycles. The summed E-state index contributed by atoms with van der Waals surface area (Å²) in [6.45, 7) is 12.4. The summed E-state index contributed by atoms with van der Waals surface area (Å²) in [5.74, 6) is 0. The van der Waals surface area contributed by atoms with Crippen LogP contribution in [-0.4, -0.2) is 0 Å². The van der Waals surface area contributed by atoms with Crippen molar-refractivity contribution in [2.24, 2.45) is 5.41 Å². The van der Waals surface area contributed by atoms with Gasteiger partial charge in [0.2, 0.25) is 0 Å². The predicted octanol–water partition coefficient (Wildman–Crippen LogP) is 3.24. The average Bonchev–Trinajstić information content (AvgIpc) is 1.64. The molecule has 0 saturated heterocycles. The maximum atomic E-state index is 4.04. The third kappa shape index (κ3) is 4.50. The minimum absolute atomic E-state index is 0.101. The molecule has 0 aliphatic carbocycles. The van der Waals surface area contributed by atoms with Crippen molar-refractivity contribution in [2.75, 3.05) is 0 Å². The molecule has 0 N–H and O–H groups in total. The molecule has 54 valence electrons. The van der Waals surface area contributed by atoms with E-state index in [4.69, 9.17) is 0 Å². The highest BCUT2D eigenvalue weighted by atomic mass is 14.2. The first kappa shape index (κ1) is 9.00. The van der Waals surface area contributed by atoms with Gasteiger partial charge in [0.1, 0.15) is 0 Å². The Kier molecular flexibility index (Phi) is 3.92. The molecule has 0 aromatic carbocycles. The second kappa shape index (κ2) is 3.92. The van der Waals surface area contributed by atoms with E-state index in [1.807, 2.05) is 0 Å². The van der Waals surface area contributed by atoms with Crippen molar-refractivity contribution in [2.45, 2.75) is 39.5 Å². The molecule has 0 fully saturated rings. The Bertz CT molecular complexity index is 54.4. The number of rotatable bonds is 4. The van der Waals surface area contributed by atoms with E-state index >= 15 is 0 Å². The summed E-state index contributed by atoms with van der Waals surface area (Å²) in [6.07, 6.45) is 4.71. The van der Waals surface area contributed by atoms with Crippen molar-refractivity contribution >= 4 is 0 Å². The molecule has 0 nitrogen and oxygen atoms in total. The summed E-state index contributed by atoms with van der Waals surface area (Å²) >= 11 is 0. The Labute approximate surface area is 59.7 Å². The fourth-order valence-electron chi connectivity index (χ4n) is 1.19. The Morgan fingerprint density at radius 2 is 1.33 bits per heavy atom. The van der Waals surface area contributed by atoms with Gasteiger partial charge in [0.25, 0.3) is 0 Å². The lowest BCUT2D eigenvalue weighted by molar-refractivity contribution is 0.396. The molecule has 0 spiro atoms. The second-order valence-electron chi connectivity index (χ2n) is 3.00. The minimum Gasteiger partial charge on any atom is -0.0654 e. The van der Waals surface area contributed by atoms with E-state index in [2.05, 4.69) is 27.7 Å². The Balaban J connectivity index is 3.43. The van der Waals surface area contributed by atoms with Gasteiger partial charge in [0.15, 0.2) is 0 Å². The fraction of sp³-hybridized carbons (Fsp3) is 0.778. The molecule has 0 atom stereocenters. The van der Waals surface area contributed by atoms with Crippen molar-refractivity contribution in [1.29, 1.82) is 0 Å². The van der Waals surface area contributed by atoms with Crippen LogP contribution in [0.3, 0.4) is 0 Å². The van der Waals surface area contributed by atoms with Gasteiger partial charge in [-0.2, -0.15) is 0 Å². The summed E-state index contributed by atoms with van der Waals surface area (Å²) in [5, 5.41) is 0. The van der Waals surface area contributed by atoms with Gasteiger partial charge in [-0.1, -0.05) is 26.7 Å². The van der Waals surface area contributed by atoms with E-state index in [0.29, 0.717) is 0 Å². The highest BCUT2D eigenvalue weighted by Crippen LogP contribution is 2.26. The summed E-state index contributed by atoms with van der Waals surface area (Å²) in [5.41, 5.74) is 0.101. The lowest BCUT2D eigenvalue weighted by Gasteiger charge is -2.22. The van der Waals surface area contributed by atoms with E-state index < -0.39 is 0 Å². The highest BCUT2D eigenvalue weighted by Gasteiger charge is 2.14. The van der Waals surface area contributed by atoms with Crippen LogP contribution >= 0.6 is 0 Å². The van der Waals surface area contributed by atoms with Crippen molar-refractivity contribution < 1.29 is 0 Å². The van der Waals surface area contributed by atoms with Gasteiger partial charge in [-0.15, -0.1) is 0 Å². The number of hydrogen-bond donors (Lipinski definition) is 0. The van der Waals surface area contributed by atoms with Crippen LogP contribution in [0.5, 0.6) is 0 Å². The quantitative estimate of drug-likeness (QED) is 0.542. The second-order valence-corrected chi connectivity index (χ2v) is 3.00. The predicted molar refractivity (Wildman–Crippen MR) is 43.0 cm³/mol. The average molecular weight is 126 g/mol. The Morgan fingerprint density at radius 1 is 1.00 bits per heavy atom. The van der Waals surface area contributed by atoms with Crippen LogP contribution in [0.25, 0.3) is 0 Å². The SMILES string of the molecule is [CH2]C([CH2])(CCC)CCC. The van der Waals surface area contributed by atoms with Crippen LogP contribution in [0.1, 0.15) is 39.5 Å². The first-order valence-corrected chi connectivity index (χ1v) is 3.83. The summed E-state index contributed by atoms with van der Waals surface area (Å²) in [6, 6.07) is 0. The maximum absolute atomic E-state index is 4.04. The van der Waals surface area contributed by atoms with E-state index in [1.165, 1.54) is 12.8 Å². The molecule has 0 aromatic rings. The van der Waals surface area contributed by atoms with Gasteiger partial charge in [0, 0.05) is 0 Å². The molecule has 2 radical (unpaired) electrons. The van der Waals surface area contributed by atoms with Gasteiger partial charge in [-0.05, 0) is 32.1 Å². The molecule has 9 heavy (non-hydrogen) atoms. The molecule has 0 heteroatoms. The molecule has 0 heterocycles. The van der Waals surface area contributed by atoms with E-state index in [9.17, 15) is 0 Å². The first-order valence-electron chi connectivity index (χ1n) is 3.83. The molecular weight excluding hydrogens is 108 g/mol. The van der Waals surface area contributed by atoms with Gasteiger partial charge in [0.05, 0.1) is 0 Å². The van der Waals surface area contributed by atoms with Gasteiger partial charge in [-0.25, -0.2) is 0 Å². The van der Waals surface area contributed by atoms with Crippen LogP contribution < -0.4 is 0 Å². The molecule has 0 bridgehead atoms. The third-order valence-electron chi connectivity index (χ3n) is 1.56. The molecule has 0 saturated carbocycles. The molecule has 0 rings (SSSR count). The van der Waals surface area contributed by atoms with Crippen LogP contribution in [0, 0.1) is 19.3 Å². The normalized spacial score (nSPS) is 12.0. The van der Waals surface area contributed by atoms with Crippen molar-refractivity contribution in [1.82, 2.24) is 0 Å². The van der Waals surface area contributed by atoms with Crippen LogP contribution in [0.4, 0.5) is 0 Å². The first-order chi connectivity index (χ1) is 4.12. The Hall–Kier alpha value is 0. The molecule has 0 amide bonds. The van der Waals surface area contributed by atoms with Crippen molar-refractivity contribution in [3.05, 3.63) is 13.8 Å². The largest absolute Gasteiger partial charge is 0.0654 e. The maximum Gasteiger partial charge on any atom is -0.0297 e. The summed E-state index contributed by atoms with van der Waals surface area (Å²) < 4.78 is 0. The van der Waals surface area contributed by atoms with E-state index in [1.54, 1.807) is 0 Å². The smallest absolute Gasteiger partial charge is 0.0297 e. The highest BCUT2D eigenvalue weighted by molar-refractivity contribution is 4.82. The monoisotopic (exact) mass is 126 g/mol. The van der Waals surface area contributed by atoms with Crippen LogP contribution in [0.2, 0.25) is 0 Å². The molecule has 0 aliphatic rings. The van der Waals surface area contributed by atoms with Crippen LogP contribution in [-0.2, 0) is 0 Å². The zero-order valence-corrected chi connectivity index (χ0v) is 6.74. The zero-order valence-electron chi connectivity index (χ0n) is 6.74. The zero-order chi connectivity index (χ0) is 7.33. The van der Waals surface area contributed by atoms with Crippen LogP contribution in [0.15, 0.2) is 0 Å². The standard InChI is InChI=1S/C9H18/c1-5-7-9(3,4)8-6-2/h3-8H2,1-2H3. The van der Waals surface area contributed by atoms with Gasteiger partial charge >= 0.3 is 0 Å². The van der Waals surface area contributed by atoms with Crippen molar-refractivity contribution in [3.63, 3.8) is 0 Å². The third-order valence-corrected chi connectivity index (χ3v) is 1.56. The minimum atomic E-state index is 0.101. The lowest BCUT2D eigenvalue weighted by Crippen LogP contribution is -2.10. The lowest BCUT2D eigenvalue weighted by atomic mass is 9.84. The summed E-state index contributed by atoms with van der Waals surface area (Å²) in [4.78, 5) is 0. The van der Waals surface area contributed by atoms with Gasteiger partial charge < -0.3 is 0 Å². The molecule has 0 aliphatic heterocycles. The Morgan fingerprint density at radius 3 is 1.56 bits per heavy atom. The summed E-state index contributed by atoms with van der Waals surface area (Å²) in [7, 11) is 0. The topological polar surface area (TPSA) is 0 Å². The van der Waals surface area contributed by atoms with E-state index in [-0.39, 0.29) is 5.41 Å². The fourth-order valence-corrected chi connectivity index (χ4v) is 1.19. The van der Waals surface area contributed by atoms with E-state index in [0.717, 1.165) is 12.8 Å². The number of hydrogen-bond acceptors (Lipinski definition) is 0. The molecule has 0 unspecified atom stereocenters. The van der Waals surface area contributed by atoms with Gasteiger partial charge in [-0.3, -0.25) is 0 Å². The molecular formula is C9H18. The van der Waals surface area contributed by atoms with Crippen molar-refractivity contribution in [3.8, 4) is 0 Å².